The van der Waals surface area contributed by atoms with E-state index in [0.717, 1.165) is 11.6 Å². The summed E-state index contributed by atoms with van der Waals surface area (Å²) in [4.78, 5) is 22.5. The summed E-state index contributed by atoms with van der Waals surface area (Å²) in [5, 5.41) is 23.1. The Balaban J connectivity index is 1.81. The van der Waals surface area contributed by atoms with Gasteiger partial charge in [0.25, 0.3) is 11.6 Å². The Morgan fingerprint density at radius 3 is 2.62 bits per heavy atom. The fraction of sp³-hybridized carbons (Fsp3) is 0. The van der Waals surface area contributed by atoms with Gasteiger partial charge in [0, 0.05) is 28.8 Å². The van der Waals surface area contributed by atoms with E-state index in [9.17, 15) is 20.2 Å². The normalized spacial score (nSPS) is 11.0. The van der Waals surface area contributed by atoms with Crippen LogP contribution in [0.15, 0.2) is 64.6 Å². The highest BCUT2D eigenvalue weighted by atomic mass is 35.5. The number of carbonyl (C=O) groups is 1. The smallest absolute Gasteiger partial charge is 0.271 e. The zero-order valence-corrected chi connectivity index (χ0v) is 16.1. The van der Waals surface area contributed by atoms with Crippen molar-refractivity contribution in [2.75, 3.05) is 5.32 Å². The summed E-state index contributed by atoms with van der Waals surface area (Å²) < 4.78 is 5.66. The van der Waals surface area contributed by atoms with E-state index < -0.39 is 10.8 Å². The van der Waals surface area contributed by atoms with Crippen LogP contribution in [0.1, 0.15) is 5.76 Å². The first-order valence-corrected chi connectivity index (χ1v) is 8.86. The van der Waals surface area contributed by atoms with Crippen molar-refractivity contribution in [3.05, 3.63) is 86.1 Å². The zero-order chi connectivity index (χ0) is 21.0. The van der Waals surface area contributed by atoms with Crippen LogP contribution in [0.25, 0.3) is 17.4 Å². The molecule has 9 heteroatoms. The van der Waals surface area contributed by atoms with Gasteiger partial charge in [0.15, 0.2) is 0 Å². The molecule has 0 aliphatic carbocycles. The van der Waals surface area contributed by atoms with Crippen molar-refractivity contribution in [2.24, 2.45) is 0 Å². The Hall–Kier alpha value is -3.60. The van der Waals surface area contributed by atoms with Crippen LogP contribution in [0.3, 0.4) is 0 Å². The molecule has 0 atom stereocenters. The van der Waals surface area contributed by atoms with Crippen LogP contribution in [-0.4, -0.2) is 10.8 Å². The molecule has 29 heavy (non-hydrogen) atoms. The lowest BCUT2D eigenvalue weighted by molar-refractivity contribution is -0.384. The van der Waals surface area contributed by atoms with Gasteiger partial charge in [-0.3, -0.25) is 14.9 Å². The van der Waals surface area contributed by atoms with Crippen molar-refractivity contribution in [2.45, 2.75) is 0 Å². The fourth-order valence-corrected chi connectivity index (χ4v) is 2.84. The molecule has 144 valence electrons. The number of hydrogen-bond donors (Lipinski definition) is 1. The summed E-state index contributed by atoms with van der Waals surface area (Å²) in [5.74, 6) is 0.0836. The van der Waals surface area contributed by atoms with Crippen molar-refractivity contribution in [3.63, 3.8) is 0 Å². The van der Waals surface area contributed by atoms with E-state index in [2.05, 4.69) is 5.32 Å². The Labute approximate surface area is 174 Å². The van der Waals surface area contributed by atoms with Crippen LogP contribution in [0.2, 0.25) is 10.0 Å². The molecule has 3 aromatic rings. The molecule has 2 aromatic carbocycles. The molecule has 0 spiro atoms. The quantitative estimate of drug-likeness (QED) is 0.242. The van der Waals surface area contributed by atoms with E-state index in [1.165, 1.54) is 18.2 Å². The predicted octanol–water partition coefficient (Wildman–Crippen LogP) is 5.71. The molecular weight excluding hydrogens is 417 g/mol. The average Bonchev–Trinajstić information content (AvgIpc) is 3.16. The van der Waals surface area contributed by atoms with Gasteiger partial charge in [-0.1, -0.05) is 35.3 Å². The van der Waals surface area contributed by atoms with Crippen LogP contribution in [0, 0.1) is 21.4 Å². The Morgan fingerprint density at radius 1 is 1.17 bits per heavy atom. The summed E-state index contributed by atoms with van der Waals surface area (Å²) in [6.07, 6.45) is 1.28. The number of anilines is 1. The maximum atomic E-state index is 12.4. The van der Waals surface area contributed by atoms with Crippen LogP contribution in [0.5, 0.6) is 0 Å². The molecule has 0 saturated heterocycles. The molecule has 1 N–H and O–H groups in total. The van der Waals surface area contributed by atoms with Crippen molar-refractivity contribution >= 4 is 46.6 Å². The maximum absolute atomic E-state index is 12.4. The molecule has 0 aliphatic rings. The Bertz CT molecular complexity index is 1180. The largest absolute Gasteiger partial charge is 0.457 e. The van der Waals surface area contributed by atoms with Gasteiger partial charge in [-0.15, -0.1) is 0 Å². The monoisotopic (exact) mass is 427 g/mol. The number of amides is 1. The van der Waals surface area contributed by atoms with E-state index in [4.69, 9.17) is 27.6 Å². The number of non-ortho nitro benzene ring substituents is 1. The van der Waals surface area contributed by atoms with Gasteiger partial charge in [0.05, 0.1) is 15.6 Å². The van der Waals surface area contributed by atoms with E-state index in [0.29, 0.717) is 16.5 Å². The molecule has 0 bridgehead atoms. The van der Waals surface area contributed by atoms with Crippen molar-refractivity contribution in [3.8, 4) is 17.4 Å². The number of halogens is 2. The number of hydrogen-bond acceptors (Lipinski definition) is 5. The number of furan rings is 1. The molecule has 0 fully saturated rings. The highest BCUT2D eigenvalue weighted by Gasteiger charge is 2.15. The van der Waals surface area contributed by atoms with Gasteiger partial charge in [-0.25, -0.2) is 0 Å². The first kappa shape index (κ1) is 20.1. The lowest BCUT2D eigenvalue weighted by atomic mass is 10.2. The standard InChI is InChI=1S/C20H11Cl2N3O4/c21-14-3-1-2-12(8-14)19-7-5-16(29-19)9-13(11-23)20(26)24-18-6-4-15(25(27)28)10-17(18)22/h1-10H,(H,24,26)/b13-9+. The van der Waals surface area contributed by atoms with Gasteiger partial charge in [-0.05, 0) is 30.3 Å². The summed E-state index contributed by atoms with van der Waals surface area (Å²) in [6.45, 7) is 0. The molecule has 1 heterocycles. The topological polar surface area (TPSA) is 109 Å². The zero-order valence-electron chi connectivity index (χ0n) is 14.6. The first-order valence-electron chi connectivity index (χ1n) is 8.10. The predicted molar refractivity (Wildman–Crippen MR) is 109 cm³/mol. The van der Waals surface area contributed by atoms with E-state index in [1.807, 2.05) is 6.07 Å². The van der Waals surface area contributed by atoms with E-state index >= 15 is 0 Å². The number of nitrogens with one attached hydrogen (secondary N) is 1. The molecule has 1 amide bonds. The van der Waals surface area contributed by atoms with Gasteiger partial charge in [0.2, 0.25) is 0 Å². The second kappa shape index (κ2) is 8.61. The van der Waals surface area contributed by atoms with Crippen molar-refractivity contribution in [1.82, 2.24) is 0 Å². The molecule has 0 aliphatic heterocycles. The van der Waals surface area contributed by atoms with Crippen molar-refractivity contribution in [1.29, 1.82) is 5.26 Å². The molecule has 1 aromatic heterocycles. The second-order valence-electron chi connectivity index (χ2n) is 5.76. The molecule has 7 nitrogen and oxygen atoms in total. The van der Waals surface area contributed by atoms with Gasteiger partial charge >= 0.3 is 0 Å². The van der Waals surface area contributed by atoms with Crippen LogP contribution in [0.4, 0.5) is 11.4 Å². The van der Waals surface area contributed by atoms with Crippen LogP contribution >= 0.6 is 23.2 Å². The SMILES string of the molecule is N#C/C(=C\c1ccc(-c2cccc(Cl)c2)o1)C(=O)Nc1ccc([N+](=O)[O-])cc1Cl. The molecule has 0 saturated carbocycles. The lowest BCUT2D eigenvalue weighted by Gasteiger charge is -2.06. The molecule has 3 rings (SSSR count). The third kappa shape index (κ3) is 4.82. The maximum Gasteiger partial charge on any atom is 0.271 e. The number of rotatable bonds is 5. The number of nitrogens with zero attached hydrogens (tertiary/aromatic N) is 2. The Morgan fingerprint density at radius 2 is 1.97 bits per heavy atom. The molecule has 0 unspecified atom stereocenters. The van der Waals surface area contributed by atoms with Crippen molar-refractivity contribution < 1.29 is 14.1 Å². The minimum absolute atomic E-state index is 0.0221. The summed E-state index contributed by atoms with van der Waals surface area (Å²) >= 11 is 11.9. The van der Waals surface area contributed by atoms with E-state index in [-0.39, 0.29) is 22.0 Å². The van der Waals surface area contributed by atoms with Gasteiger partial charge < -0.3 is 9.73 Å². The van der Waals surface area contributed by atoms with Crippen LogP contribution in [-0.2, 0) is 4.79 Å². The highest BCUT2D eigenvalue weighted by molar-refractivity contribution is 6.34. The minimum atomic E-state index is -0.732. The minimum Gasteiger partial charge on any atom is -0.457 e. The fourth-order valence-electron chi connectivity index (χ4n) is 2.43. The summed E-state index contributed by atoms with van der Waals surface area (Å²) in [6, 6.07) is 15.7. The van der Waals surface area contributed by atoms with Gasteiger partial charge in [-0.2, -0.15) is 5.26 Å². The summed E-state index contributed by atoms with van der Waals surface area (Å²) in [7, 11) is 0. The average molecular weight is 428 g/mol. The third-order valence-corrected chi connectivity index (χ3v) is 4.35. The van der Waals surface area contributed by atoms with E-state index in [1.54, 1.807) is 36.4 Å². The second-order valence-corrected chi connectivity index (χ2v) is 6.60. The summed E-state index contributed by atoms with van der Waals surface area (Å²) in [5.41, 5.74) is 0.444. The molecular formula is C20H11Cl2N3O4. The first-order chi connectivity index (χ1) is 13.9. The number of benzene rings is 2. The molecule has 0 radical (unpaired) electrons. The van der Waals surface area contributed by atoms with Gasteiger partial charge in [0.1, 0.15) is 23.2 Å². The lowest BCUT2D eigenvalue weighted by Crippen LogP contribution is -2.13. The number of nitro benzene ring substituents is 1. The third-order valence-electron chi connectivity index (χ3n) is 3.80. The number of nitro groups is 1. The van der Waals surface area contributed by atoms with Crippen LogP contribution < -0.4 is 5.32 Å². The number of nitriles is 1. The highest BCUT2D eigenvalue weighted by Crippen LogP contribution is 2.28. The number of carbonyl (C=O) groups excluding carboxylic acids is 1. The Kier molecular flexibility index (Phi) is 5.98.